The van der Waals surface area contributed by atoms with Crippen molar-refractivity contribution in [1.29, 1.82) is 0 Å². The molecule has 15 heteroatoms. The summed E-state index contributed by atoms with van der Waals surface area (Å²) < 4.78 is 81.0. The third-order valence-corrected chi connectivity index (χ3v) is 7.62. The molecule has 2 aliphatic heterocycles. The van der Waals surface area contributed by atoms with Crippen LogP contribution in [0, 0.1) is 0 Å². The molecule has 2 aliphatic rings. The van der Waals surface area contributed by atoms with E-state index in [0.717, 1.165) is 16.5 Å². The summed E-state index contributed by atoms with van der Waals surface area (Å²) in [6.07, 6.45) is -8.06. The van der Waals surface area contributed by atoms with E-state index in [4.69, 9.17) is 0 Å². The van der Waals surface area contributed by atoms with Gasteiger partial charge in [-0.05, 0) is 36.2 Å². The van der Waals surface area contributed by atoms with Gasteiger partial charge in [0.05, 0.1) is 17.7 Å². The molecule has 5 rings (SSSR count). The first-order valence-electron chi connectivity index (χ1n) is 13.3. The molecule has 0 saturated carbocycles. The maximum absolute atomic E-state index is 13.6. The number of aromatic nitrogens is 1. The van der Waals surface area contributed by atoms with E-state index >= 15 is 0 Å². The SMILES string of the molecule is Cl.Cl.O=C(CN1CCN(C(=O)c2cc(C(F)(F)F)cc(C(F)(F)F)c2)[C@H](Cc2c[nH]c3ccccc23)C1)N1CCNCC1. The number of hydrogen-bond donors (Lipinski definition) is 2. The van der Waals surface area contributed by atoms with E-state index in [9.17, 15) is 35.9 Å². The second-order valence-electron chi connectivity index (χ2n) is 10.4. The molecule has 2 N–H and O–H groups in total. The summed E-state index contributed by atoms with van der Waals surface area (Å²) in [6.45, 7) is 3.15. The third kappa shape index (κ3) is 7.94. The van der Waals surface area contributed by atoms with E-state index in [2.05, 4.69) is 10.3 Å². The molecular weight excluding hydrogens is 623 g/mol. The van der Waals surface area contributed by atoms with Crippen LogP contribution < -0.4 is 5.32 Å². The van der Waals surface area contributed by atoms with Crippen molar-refractivity contribution in [2.45, 2.75) is 24.8 Å². The van der Waals surface area contributed by atoms with Crippen LogP contribution in [0.3, 0.4) is 0 Å². The standard InChI is InChI=1S/C28H29F6N5O2.2ClH/c29-27(30,31)20-11-18(12-21(14-20)28(32,33)34)26(41)39-10-9-37(17-25(40)38-7-5-35-6-8-38)16-22(39)13-19-15-36-24-4-2-1-3-23(19)24;;/h1-4,11-12,14-15,22,35-36H,5-10,13,16-17H2;2*1H/t22-;;/m1../s1. The minimum atomic E-state index is -5.07. The number of H-pyrrole nitrogens is 1. The summed E-state index contributed by atoms with van der Waals surface area (Å²) in [6, 6.07) is 7.83. The van der Waals surface area contributed by atoms with Gasteiger partial charge in [-0.2, -0.15) is 26.3 Å². The molecule has 0 unspecified atom stereocenters. The van der Waals surface area contributed by atoms with Gasteiger partial charge in [0.2, 0.25) is 5.91 Å². The lowest BCUT2D eigenvalue weighted by Crippen LogP contribution is -2.58. The van der Waals surface area contributed by atoms with Gasteiger partial charge in [0.15, 0.2) is 0 Å². The van der Waals surface area contributed by atoms with Crippen molar-refractivity contribution >= 4 is 47.5 Å². The Balaban J connectivity index is 0.00000253. The molecule has 1 aromatic heterocycles. The molecule has 7 nitrogen and oxygen atoms in total. The average Bonchev–Trinajstić information content (AvgIpc) is 3.35. The maximum atomic E-state index is 13.6. The van der Waals surface area contributed by atoms with Crippen molar-refractivity contribution in [3.8, 4) is 0 Å². The zero-order chi connectivity index (χ0) is 29.4. The largest absolute Gasteiger partial charge is 0.416 e. The predicted octanol–water partition coefficient (Wildman–Crippen LogP) is 4.85. The molecule has 2 aromatic carbocycles. The lowest BCUT2D eigenvalue weighted by molar-refractivity contribution is -0.143. The van der Waals surface area contributed by atoms with E-state index in [1.807, 2.05) is 29.2 Å². The molecule has 3 heterocycles. The molecule has 236 valence electrons. The van der Waals surface area contributed by atoms with E-state index in [1.165, 1.54) is 4.90 Å². The minimum absolute atomic E-state index is 0. The van der Waals surface area contributed by atoms with Gasteiger partial charge in [-0.15, -0.1) is 24.8 Å². The van der Waals surface area contributed by atoms with Gasteiger partial charge in [-0.25, -0.2) is 0 Å². The smallest absolute Gasteiger partial charge is 0.361 e. The number of halogens is 8. The number of rotatable bonds is 5. The zero-order valence-corrected chi connectivity index (χ0v) is 24.4. The Morgan fingerprint density at radius 2 is 1.49 bits per heavy atom. The molecule has 3 aromatic rings. The van der Waals surface area contributed by atoms with Gasteiger partial charge in [-0.3, -0.25) is 14.5 Å². The van der Waals surface area contributed by atoms with Gasteiger partial charge < -0.3 is 20.1 Å². The van der Waals surface area contributed by atoms with Crippen molar-refractivity contribution in [2.24, 2.45) is 0 Å². The van der Waals surface area contributed by atoms with Crippen molar-refractivity contribution < 1.29 is 35.9 Å². The van der Waals surface area contributed by atoms with Crippen LogP contribution in [-0.2, 0) is 23.6 Å². The van der Waals surface area contributed by atoms with Gasteiger partial charge in [0.25, 0.3) is 5.91 Å². The quantitative estimate of drug-likeness (QED) is 0.387. The number of amides is 2. The Morgan fingerprint density at radius 3 is 2.12 bits per heavy atom. The number of alkyl halides is 6. The Labute approximate surface area is 256 Å². The minimum Gasteiger partial charge on any atom is -0.361 e. The lowest BCUT2D eigenvalue weighted by Gasteiger charge is -2.42. The highest BCUT2D eigenvalue weighted by molar-refractivity contribution is 5.95. The number of nitrogens with one attached hydrogen (secondary N) is 2. The molecule has 2 amide bonds. The highest BCUT2D eigenvalue weighted by atomic mass is 35.5. The Kier molecular flexibility index (Phi) is 11.0. The van der Waals surface area contributed by atoms with Crippen LogP contribution in [-0.4, -0.2) is 89.9 Å². The number of piperazine rings is 2. The van der Waals surface area contributed by atoms with Crippen molar-refractivity contribution in [3.63, 3.8) is 0 Å². The van der Waals surface area contributed by atoms with Crippen LogP contribution in [0.1, 0.15) is 27.0 Å². The molecule has 1 atom stereocenters. The monoisotopic (exact) mass is 653 g/mol. The highest BCUT2D eigenvalue weighted by Gasteiger charge is 2.39. The van der Waals surface area contributed by atoms with Crippen LogP contribution in [0.25, 0.3) is 10.9 Å². The second kappa shape index (κ2) is 13.7. The fourth-order valence-electron chi connectivity index (χ4n) is 5.51. The molecule has 2 fully saturated rings. The third-order valence-electron chi connectivity index (χ3n) is 7.62. The fraction of sp³-hybridized carbons (Fsp3) is 0.429. The summed E-state index contributed by atoms with van der Waals surface area (Å²) in [5.41, 5.74) is -2.05. The topological polar surface area (TPSA) is 71.7 Å². The number of fused-ring (bicyclic) bond motifs is 1. The lowest BCUT2D eigenvalue weighted by atomic mass is 9.98. The highest BCUT2D eigenvalue weighted by Crippen LogP contribution is 2.37. The molecule has 0 bridgehead atoms. The molecule has 2 saturated heterocycles. The number of nitrogens with zero attached hydrogens (tertiary/aromatic N) is 3. The molecular formula is C28H31Cl2F6N5O2. The van der Waals surface area contributed by atoms with E-state index in [1.54, 1.807) is 11.1 Å². The van der Waals surface area contributed by atoms with Gasteiger partial charge in [0, 0.05) is 74.5 Å². The van der Waals surface area contributed by atoms with Crippen LogP contribution in [0.15, 0.2) is 48.7 Å². The maximum Gasteiger partial charge on any atom is 0.416 e. The van der Waals surface area contributed by atoms with Crippen LogP contribution in [0.2, 0.25) is 0 Å². The zero-order valence-electron chi connectivity index (χ0n) is 22.8. The molecule has 0 aliphatic carbocycles. The summed E-state index contributed by atoms with van der Waals surface area (Å²) >= 11 is 0. The summed E-state index contributed by atoms with van der Waals surface area (Å²) in [7, 11) is 0. The number of para-hydroxylation sites is 1. The van der Waals surface area contributed by atoms with E-state index in [0.29, 0.717) is 44.7 Å². The van der Waals surface area contributed by atoms with E-state index < -0.39 is 41.0 Å². The summed E-state index contributed by atoms with van der Waals surface area (Å²) in [5.74, 6) is -0.982. The first kappa shape index (κ1) is 34.5. The number of carbonyl (C=O) groups excluding carboxylic acids is 2. The van der Waals surface area contributed by atoms with Gasteiger partial charge >= 0.3 is 12.4 Å². The summed E-state index contributed by atoms with van der Waals surface area (Å²) in [5, 5.41) is 4.08. The molecule has 0 spiro atoms. The normalized spacial score (nSPS) is 18.2. The fourth-order valence-corrected chi connectivity index (χ4v) is 5.51. The number of aromatic amines is 1. The molecule has 0 radical (unpaired) electrons. The van der Waals surface area contributed by atoms with E-state index in [-0.39, 0.29) is 63.0 Å². The second-order valence-corrected chi connectivity index (χ2v) is 10.4. The first-order valence-corrected chi connectivity index (χ1v) is 13.3. The molecule has 43 heavy (non-hydrogen) atoms. The Morgan fingerprint density at radius 1 is 0.860 bits per heavy atom. The Bertz CT molecular complexity index is 1390. The van der Waals surface area contributed by atoms with Crippen molar-refractivity contribution in [3.05, 3.63) is 70.9 Å². The average molecular weight is 654 g/mol. The van der Waals surface area contributed by atoms with Crippen molar-refractivity contribution in [2.75, 3.05) is 52.4 Å². The van der Waals surface area contributed by atoms with Crippen LogP contribution in [0.4, 0.5) is 26.3 Å². The summed E-state index contributed by atoms with van der Waals surface area (Å²) in [4.78, 5) is 34.7. The van der Waals surface area contributed by atoms with Crippen LogP contribution in [0.5, 0.6) is 0 Å². The Hall–Kier alpha value is -3.00. The first-order chi connectivity index (χ1) is 19.4. The van der Waals surface area contributed by atoms with Gasteiger partial charge in [-0.1, -0.05) is 18.2 Å². The van der Waals surface area contributed by atoms with Gasteiger partial charge in [0.1, 0.15) is 0 Å². The number of carbonyl (C=O) groups is 2. The predicted molar refractivity (Wildman–Crippen MR) is 154 cm³/mol. The van der Waals surface area contributed by atoms with Crippen molar-refractivity contribution in [1.82, 2.24) is 25.0 Å². The number of hydrogen-bond acceptors (Lipinski definition) is 4. The van der Waals surface area contributed by atoms with Crippen LogP contribution >= 0.6 is 24.8 Å². The number of benzene rings is 2.